The van der Waals surface area contributed by atoms with Crippen LogP contribution in [0.5, 0.6) is 0 Å². The Hall–Kier alpha value is -1.30. The van der Waals surface area contributed by atoms with Crippen LogP contribution in [-0.2, 0) is 9.53 Å². The van der Waals surface area contributed by atoms with E-state index in [2.05, 4.69) is 5.32 Å². The molecule has 1 fully saturated rings. The van der Waals surface area contributed by atoms with Crippen molar-refractivity contribution in [2.45, 2.75) is 71.1 Å². The molecule has 2 amide bonds. The molecule has 0 aromatic carbocycles. The molecule has 0 saturated carbocycles. The quantitative estimate of drug-likeness (QED) is 0.827. The molecule has 1 saturated heterocycles. The first-order valence-corrected chi connectivity index (χ1v) is 7.63. The third-order valence-corrected chi connectivity index (χ3v) is 3.53. The summed E-state index contributed by atoms with van der Waals surface area (Å²) in [6.07, 6.45) is 2.54. The molecule has 1 heterocycles. The van der Waals surface area contributed by atoms with Gasteiger partial charge in [0, 0.05) is 19.0 Å². The number of nitrogens with one attached hydrogen (secondary N) is 1. The molecule has 21 heavy (non-hydrogen) atoms. The number of hydrogen-bond acceptors (Lipinski definition) is 4. The molecule has 1 aliphatic rings. The Kier molecular flexibility index (Phi) is 6.45. The average Bonchev–Trinajstić information content (AvgIpc) is 2.35. The molecule has 1 rings (SSSR count). The first-order valence-electron chi connectivity index (χ1n) is 7.63. The molecule has 0 aromatic heterocycles. The van der Waals surface area contributed by atoms with Crippen LogP contribution in [-0.4, -0.2) is 52.8 Å². The van der Waals surface area contributed by atoms with E-state index in [-0.39, 0.29) is 37.6 Å². The molecular weight excluding hydrogens is 272 g/mol. The van der Waals surface area contributed by atoms with Gasteiger partial charge in [0.1, 0.15) is 5.60 Å². The Morgan fingerprint density at radius 3 is 2.57 bits per heavy atom. The number of nitrogens with zero attached hydrogens (tertiary/aromatic N) is 1. The lowest BCUT2D eigenvalue weighted by atomic mass is 9.96. The normalized spacial score (nSPS) is 22.8. The molecule has 0 radical (unpaired) electrons. The minimum atomic E-state index is -0.544. The van der Waals surface area contributed by atoms with Gasteiger partial charge in [-0.05, 0) is 47.0 Å². The number of ether oxygens (including phenoxy) is 1. The van der Waals surface area contributed by atoms with Crippen LogP contribution in [0, 0.1) is 0 Å². The summed E-state index contributed by atoms with van der Waals surface area (Å²) in [5, 5.41) is 12.0. The maximum absolute atomic E-state index is 12.3. The van der Waals surface area contributed by atoms with E-state index in [0.717, 1.165) is 19.3 Å². The van der Waals surface area contributed by atoms with Gasteiger partial charge in [-0.25, -0.2) is 4.79 Å². The highest BCUT2D eigenvalue weighted by atomic mass is 16.6. The molecule has 0 bridgehead atoms. The van der Waals surface area contributed by atoms with Crippen molar-refractivity contribution < 1.29 is 19.4 Å². The number of alkyl carbamates (subject to hydrolysis) is 1. The summed E-state index contributed by atoms with van der Waals surface area (Å²) in [5.41, 5.74) is -0.544. The zero-order valence-electron chi connectivity index (χ0n) is 13.5. The summed E-state index contributed by atoms with van der Waals surface area (Å²) in [5.74, 6) is -0.0303. The van der Waals surface area contributed by atoms with Crippen molar-refractivity contribution in [3.63, 3.8) is 0 Å². The highest BCUT2D eigenvalue weighted by molar-refractivity contribution is 5.78. The second-order valence-electron chi connectivity index (χ2n) is 6.60. The molecule has 2 N–H and O–H groups in total. The Balaban J connectivity index is 2.40. The van der Waals surface area contributed by atoms with Gasteiger partial charge >= 0.3 is 6.09 Å². The van der Waals surface area contributed by atoms with Crippen LogP contribution < -0.4 is 5.32 Å². The van der Waals surface area contributed by atoms with Crippen molar-refractivity contribution in [1.82, 2.24) is 10.2 Å². The van der Waals surface area contributed by atoms with E-state index in [1.54, 1.807) is 25.7 Å². The summed E-state index contributed by atoms with van der Waals surface area (Å²) in [6.45, 7) is 7.61. The number of rotatable bonds is 4. The Labute approximate surface area is 126 Å². The predicted octanol–water partition coefficient (Wildman–Crippen LogP) is 1.66. The molecule has 0 aromatic rings. The second-order valence-corrected chi connectivity index (χ2v) is 6.60. The fraction of sp³-hybridized carbons (Fsp3) is 0.867. The first-order chi connectivity index (χ1) is 9.74. The lowest BCUT2D eigenvalue weighted by Crippen LogP contribution is -2.51. The van der Waals surface area contributed by atoms with E-state index >= 15 is 0 Å². The van der Waals surface area contributed by atoms with Gasteiger partial charge in [-0.15, -0.1) is 0 Å². The zero-order valence-corrected chi connectivity index (χ0v) is 13.5. The lowest BCUT2D eigenvalue weighted by Gasteiger charge is -2.40. The van der Waals surface area contributed by atoms with E-state index in [0.29, 0.717) is 0 Å². The minimum absolute atomic E-state index is 0.00439. The van der Waals surface area contributed by atoms with Gasteiger partial charge in [0.15, 0.2) is 0 Å². The van der Waals surface area contributed by atoms with Crippen molar-refractivity contribution in [1.29, 1.82) is 0 Å². The maximum atomic E-state index is 12.3. The van der Waals surface area contributed by atoms with Crippen molar-refractivity contribution >= 4 is 12.0 Å². The van der Waals surface area contributed by atoms with Crippen LogP contribution in [0.4, 0.5) is 4.79 Å². The fourth-order valence-corrected chi connectivity index (χ4v) is 2.63. The van der Waals surface area contributed by atoms with Crippen LogP contribution in [0.2, 0.25) is 0 Å². The minimum Gasteiger partial charge on any atom is -0.444 e. The van der Waals surface area contributed by atoms with Crippen molar-refractivity contribution in [2.24, 2.45) is 0 Å². The molecule has 6 nitrogen and oxygen atoms in total. The topological polar surface area (TPSA) is 78.9 Å². The van der Waals surface area contributed by atoms with Gasteiger partial charge in [0.25, 0.3) is 0 Å². The SMILES string of the molecule is CC1CCCC(CO)N1C(=O)CCNC(=O)OC(C)(C)C. The highest BCUT2D eigenvalue weighted by Crippen LogP contribution is 2.23. The molecule has 0 aliphatic carbocycles. The smallest absolute Gasteiger partial charge is 0.407 e. The standard InChI is InChI=1S/C15H28N2O4/c1-11-6-5-7-12(10-18)17(11)13(19)8-9-16-14(20)21-15(2,3)4/h11-12,18H,5-10H2,1-4H3,(H,16,20). The summed E-state index contributed by atoms with van der Waals surface area (Å²) in [6, 6.07) is 0.0488. The predicted molar refractivity (Wildman–Crippen MR) is 79.9 cm³/mol. The Bertz CT molecular complexity index is 365. The van der Waals surface area contributed by atoms with E-state index < -0.39 is 11.7 Å². The summed E-state index contributed by atoms with van der Waals surface area (Å²) in [4.78, 5) is 25.5. The molecule has 6 heteroatoms. The van der Waals surface area contributed by atoms with Crippen LogP contribution in [0.15, 0.2) is 0 Å². The average molecular weight is 300 g/mol. The molecule has 0 spiro atoms. The second kappa shape index (κ2) is 7.64. The van der Waals surface area contributed by atoms with Gasteiger partial charge in [-0.3, -0.25) is 4.79 Å². The van der Waals surface area contributed by atoms with Gasteiger partial charge < -0.3 is 20.1 Å². The van der Waals surface area contributed by atoms with Gasteiger partial charge in [0.05, 0.1) is 12.6 Å². The molecule has 2 unspecified atom stereocenters. The van der Waals surface area contributed by atoms with E-state index in [1.807, 2.05) is 6.92 Å². The highest BCUT2D eigenvalue weighted by Gasteiger charge is 2.30. The Morgan fingerprint density at radius 2 is 2.00 bits per heavy atom. The van der Waals surface area contributed by atoms with E-state index in [9.17, 15) is 14.7 Å². The van der Waals surface area contributed by atoms with Crippen LogP contribution in [0.25, 0.3) is 0 Å². The van der Waals surface area contributed by atoms with Crippen LogP contribution >= 0.6 is 0 Å². The molecule has 122 valence electrons. The number of carbonyl (C=O) groups excluding carboxylic acids is 2. The number of carbonyl (C=O) groups is 2. The summed E-state index contributed by atoms with van der Waals surface area (Å²) >= 11 is 0. The fourth-order valence-electron chi connectivity index (χ4n) is 2.63. The summed E-state index contributed by atoms with van der Waals surface area (Å²) < 4.78 is 5.11. The third kappa shape index (κ3) is 5.91. The number of likely N-dealkylation sites (tertiary alicyclic amines) is 1. The van der Waals surface area contributed by atoms with Crippen molar-refractivity contribution in [3.05, 3.63) is 0 Å². The Morgan fingerprint density at radius 1 is 1.33 bits per heavy atom. The number of hydrogen-bond donors (Lipinski definition) is 2. The summed E-state index contributed by atoms with van der Waals surface area (Å²) in [7, 11) is 0. The number of aliphatic hydroxyl groups is 1. The maximum Gasteiger partial charge on any atom is 0.407 e. The van der Waals surface area contributed by atoms with Crippen molar-refractivity contribution in [2.75, 3.05) is 13.2 Å². The monoisotopic (exact) mass is 300 g/mol. The van der Waals surface area contributed by atoms with Crippen LogP contribution in [0.3, 0.4) is 0 Å². The van der Waals surface area contributed by atoms with Crippen molar-refractivity contribution in [3.8, 4) is 0 Å². The van der Waals surface area contributed by atoms with Gasteiger partial charge in [-0.1, -0.05) is 0 Å². The number of amides is 2. The zero-order chi connectivity index (χ0) is 16.0. The largest absolute Gasteiger partial charge is 0.444 e. The van der Waals surface area contributed by atoms with Gasteiger partial charge in [-0.2, -0.15) is 0 Å². The molecule has 1 aliphatic heterocycles. The number of piperidine rings is 1. The first kappa shape index (κ1) is 17.8. The van der Waals surface area contributed by atoms with E-state index in [1.165, 1.54) is 0 Å². The van der Waals surface area contributed by atoms with E-state index in [4.69, 9.17) is 4.74 Å². The van der Waals surface area contributed by atoms with Gasteiger partial charge in [0.2, 0.25) is 5.91 Å². The molecule has 2 atom stereocenters. The number of aliphatic hydroxyl groups excluding tert-OH is 1. The van der Waals surface area contributed by atoms with Crippen LogP contribution in [0.1, 0.15) is 53.4 Å². The third-order valence-electron chi connectivity index (χ3n) is 3.53. The lowest BCUT2D eigenvalue weighted by molar-refractivity contribution is -0.138. The molecular formula is C15H28N2O4.